The van der Waals surface area contributed by atoms with Gasteiger partial charge in [0.05, 0.1) is 26.7 Å². The molecule has 0 amide bonds. The summed E-state index contributed by atoms with van der Waals surface area (Å²) in [5.41, 5.74) is 1.95. The highest BCUT2D eigenvalue weighted by Crippen LogP contribution is 2.35. The molecule has 3 nitrogen and oxygen atoms in total. The van der Waals surface area contributed by atoms with Gasteiger partial charge in [0.2, 0.25) is 0 Å². The highest BCUT2D eigenvalue weighted by atomic mass is 35.5. The summed E-state index contributed by atoms with van der Waals surface area (Å²) in [6.07, 6.45) is 0. The Morgan fingerprint density at radius 1 is 0.750 bits per heavy atom. The van der Waals surface area contributed by atoms with E-state index in [0.717, 1.165) is 16.9 Å². The van der Waals surface area contributed by atoms with E-state index in [1.165, 1.54) is 0 Å². The highest BCUT2D eigenvalue weighted by molar-refractivity contribution is 6.22. The molecule has 4 heteroatoms. The Morgan fingerprint density at radius 2 is 1.35 bits per heavy atom. The summed E-state index contributed by atoms with van der Waals surface area (Å²) >= 11 is 6.51. The third-order valence-electron chi connectivity index (χ3n) is 3.11. The van der Waals surface area contributed by atoms with E-state index in [4.69, 9.17) is 25.8 Å². The van der Waals surface area contributed by atoms with E-state index in [2.05, 4.69) is 0 Å². The normalized spacial score (nSPS) is 11.8. The molecule has 2 aromatic rings. The fraction of sp³-hybridized carbons (Fsp3) is 0.250. The summed E-state index contributed by atoms with van der Waals surface area (Å²) in [6, 6.07) is 13.4. The van der Waals surface area contributed by atoms with Crippen molar-refractivity contribution < 1.29 is 14.2 Å². The minimum Gasteiger partial charge on any atom is -0.497 e. The summed E-state index contributed by atoms with van der Waals surface area (Å²) in [7, 11) is 4.86. The lowest BCUT2D eigenvalue weighted by molar-refractivity contribution is 0.354. The number of ether oxygens (including phenoxy) is 3. The SMILES string of the molecule is COc1ccc(C(Cl)c2ccc(OC)c(OC)c2)cc1. The molecule has 0 aromatic heterocycles. The summed E-state index contributed by atoms with van der Waals surface area (Å²) in [6.45, 7) is 0. The number of methoxy groups -OCH3 is 3. The number of rotatable bonds is 5. The molecule has 106 valence electrons. The van der Waals surface area contributed by atoms with Gasteiger partial charge in [-0.15, -0.1) is 11.6 Å². The van der Waals surface area contributed by atoms with Crippen molar-refractivity contribution in [3.8, 4) is 17.2 Å². The molecule has 0 saturated heterocycles. The second-order valence-electron chi connectivity index (χ2n) is 4.25. The molecular formula is C16H17ClO3. The molecule has 0 aliphatic rings. The smallest absolute Gasteiger partial charge is 0.161 e. The molecule has 0 radical (unpaired) electrons. The van der Waals surface area contributed by atoms with Crippen molar-refractivity contribution in [3.63, 3.8) is 0 Å². The molecule has 0 fully saturated rings. The molecular weight excluding hydrogens is 276 g/mol. The zero-order valence-corrected chi connectivity index (χ0v) is 12.5. The Balaban J connectivity index is 2.29. The molecule has 0 bridgehead atoms. The summed E-state index contributed by atoms with van der Waals surface area (Å²) in [5, 5.41) is -0.249. The standard InChI is InChI=1S/C16H17ClO3/c1-18-13-7-4-11(5-8-13)16(17)12-6-9-14(19-2)15(10-12)20-3/h4-10,16H,1-3H3. The van der Waals surface area contributed by atoms with Crippen LogP contribution in [-0.2, 0) is 0 Å². The highest BCUT2D eigenvalue weighted by Gasteiger charge is 2.14. The van der Waals surface area contributed by atoms with Crippen molar-refractivity contribution in [2.75, 3.05) is 21.3 Å². The van der Waals surface area contributed by atoms with Crippen molar-refractivity contribution in [1.29, 1.82) is 0 Å². The van der Waals surface area contributed by atoms with Crippen LogP contribution >= 0.6 is 11.6 Å². The van der Waals surface area contributed by atoms with Crippen molar-refractivity contribution >= 4 is 11.6 Å². The zero-order chi connectivity index (χ0) is 14.5. The van der Waals surface area contributed by atoms with Crippen LogP contribution in [0.15, 0.2) is 42.5 Å². The number of hydrogen-bond donors (Lipinski definition) is 0. The average Bonchev–Trinajstić information content (AvgIpc) is 2.53. The second kappa shape index (κ2) is 6.53. The molecule has 0 N–H and O–H groups in total. The molecule has 0 spiro atoms. The van der Waals surface area contributed by atoms with Gasteiger partial charge < -0.3 is 14.2 Å². The first-order valence-corrected chi connectivity index (χ1v) is 6.63. The third kappa shape index (κ3) is 2.99. The average molecular weight is 293 g/mol. The summed E-state index contributed by atoms with van der Waals surface area (Å²) in [5.74, 6) is 2.17. The topological polar surface area (TPSA) is 27.7 Å². The fourth-order valence-electron chi connectivity index (χ4n) is 1.98. The lowest BCUT2D eigenvalue weighted by Gasteiger charge is -2.14. The van der Waals surface area contributed by atoms with Gasteiger partial charge in [0.15, 0.2) is 11.5 Å². The van der Waals surface area contributed by atoms with Gasteiger partial charge in [-0.1, -0.05) is 18.2 Å². The van der Waals surface area contributed by atoms with Crippen LogP contribution in [0.5, 0.6) is 17.2 Å². The maximum atomic E-state index is 6.51. The fourth-order valence-corrected chi connectivity index (χ4v) is 2.26. The maximum Gasteiger partial charge on any atom is 0.161 e. The Bertz CT molecular complexity index is 566. The van der Waals surface area contributed by atoms with Gasteiger partial charge in [0, 0.05) is 0 Å². The van der Waals surface area contributed by atoms with Gasteiger partial charge >= 0.3 is 0 Å². The molecule has 1 unspecified atom stereocenters. The van der Waals surface area contributed by atoms with Crippen molar-refractivity contribution in [1.82, 2.24) is 0 Å². The van der Waals surface area contributed by atoms with Crippen LogP contribution in [0.25, 0.3) is 0 Å². The first-order chi connectivity index (χ1) is 9.69. The Morgan fingerprint density at radius 3 is 1.90 bits per heavy atom. The quantitative estimate of drug-likeness (QED) is 0.779. The molecule has 2 rings (SSSR count). The van der Waals surface area contributed by atoms with E-state index in [1.807, 2.05) is 42.5 Å². The number of hydrogen-bond acceptors (Lipinski definition) is 3. The van der Waals surface area contributed by atoms with Crippen molar-refractivity contribution in [2.45, 2.75) is 5.38 Å². The van der Waals surface area contributed by atoms with Crippen molar-refractivity contribution in [2.24, 2.45) is 0 Å². The van der Waals surface area contributed by atoms with Gasteiger partial charge in [0.1, 0.15) is 5.75 Å². The van der Waals surface area contributed by atoms with Gasteiger partial charge in [-0.05, 0) is 35.4 Å². The molecule has 0 aliphatic heterocycles. The molecule has 0 aliphatic carbocycles. The monoisotopic (exact) mass is 292 g/mol. The van der Waals surface area contributed by atoms with Crippen LogP contribution in [-0.4, -0.2) is 21.3 Å². The Hall–Kier alpha value is -1.87. The predicted molar refractivity (Wildman–Crippen MR) is 80.2 cm³/mol. The predicted octanol–water partition coefficient (Wildman–Crippen LogP) is 4.04. The Labute approximate surface area is 124 Å². The summed E-state index contributed by atoms with van der Waals surface area (Å²) < 4.78 is 15.7. The molecule has 0 heterocycles. The number of alkyl halides is 1. The van der Waals surface area contributed by atoms with Crippen LogP contribution in [0.4, 0.5) is 0 Å². The van der Waals surface area contributed by atoms with Gasteiger partial charge in [-0.3, -0.25) is 0 Å². The van der Waals surface area contributed by atoms with E-state index in [1.54, 1.807) is 21.3 Å². The second-order valence-corrected chi connectivity index (χ2v) is 4.69. The van der Waals surface area contributed by atoms with E-state index in [-0.39, 0.29) is 5.38 Å². The van der Waals surface area contributed by atoms with Crippen LogP contribution < -0.4 is 14.2 Å². The van der Waals surface area contributed by atoms with E-state index in [0.29, 0.717) is 11.5 Å². The largest absolute Gasteiger partial charge is 0.497 e. The van der Waals surface area contributed by atoms with E-state index < -0.39 is 0 Å². The van der Waals surface area contributed by atoms with Crippen LogP contribution in [0.1, 0.15) is 16.5 Å². The maximum absolute atomic E-state index is 6.51. The van der Waals surface area contributed by atoms with Crippen molar-refractivity contribution in [3.05, 3.63) is 53.6 Å². The van der Waals surface area contributed by atoms with Gasteiger partial charge in [0.25, 0.3) is 0 Å². The van der Waals surface area contributed by atoms with E-state index in [9.17, 15) is 0 Å². The van der Waals surface area contributed by atoms with Gasteiger partial charge in [-0.25, -0.2) is 0 Å². The Kier molecular flexibility index (Phi) is 4.74. The first-order valence-electron chi connectivity index (χ1n) is 6.19. The van der Waals surface area contributed by atoms with Crippen LogP contribution in [0, 0.1) is 0 Å². The molecule has 0 saturated carbocycles. The zero-order valence-electron chi connectivity index (χ0n) is 11.7. The molecule has 1 atom stereocenters. The lowest BCUT2D eigenvalue weighted by atomic mass is 10.0. The van der Waals surface area contributed by atoms with Crippen LogP contribution in [0.2, 0.25) is 0 Å². The summed E-state index contributed by atoms with van der Waals surface area (Å²) in [4.78, 5) is 0. The van der Waals surface area contributed by atoms with E-state index >= 15 is 0 Å². The molecule has 20 heavy (non-hydrogen) atoms. The number of benzene rings is 2. The minimum absolute atomic E-state index is 0.249. The minimum atomic E-state index is -0.249. The lowest BCUT2D eigenvalue weighted by Crippen LogP contribution is -1.96. The third-order valence-corrected chi connectivity index (χ3v) is 3.61. The molecule has 2 aromatic carbocycles. The number of halogens is 1. The van der Waals surface area contributed by atoms with Crippen LogP contribution in [0.3, 0.4) is 0 Å². The van der Waals surface area contributed by atoms with Gasteiger partial charge in [-0.2, -0.15) is 0 Å². The first kappa shape index (κ1) is 14.5.